The lowest BCUT2D eigenvalue weighted by molar-refractivity contribution is 0.0910. The van der Waals surface area contributed by atoms with E-state index < -0.39 is 9.80 Å². The molecule has 0 heterocycles. The molecule has 0 aliphatic rings. The first-order valence-electron chi connectivity index (χ1n) is 3.11. The van der Waals surface area contributed by atoms with Crippen molar-refractivity contribution in [3.05, 3.63) is 0 Å². The smallest absolute Gasteiger partial charge is 0.0768 e. The van der Waals surface area contributed by atoms with Gasteiger partial charge >= 0.3 is 0 Å². The van der Waals surface area contributed by atoms with Gasteiger partial charge < -0.3 is 9.29 Å². The molecule has 0 fully saturated rings. The van der Waals surface area contributed by atoms with Crippen LogP contribution in [0.1, 0.15) is 13.8 Å². The van der Waals surface area contributed by atoms with Crippen molar-refractivity contribution in [1.29, 1.82) is 0 Å². The molecular weight excluding hydrogens is 152 g/mol. The summed E-state index contributed by atoms with van der Waals surface area (Å²) in [5.74, 6) is 3.19. The summed E-state index contributed by atoms with van der Waals surface area (Å²) in [6, 6.07) is 0. The lowest BCUT2D eigenvalue weighted by Crippen LogP contribution is -2.13. The van der Waals surface area contributed by atoms with Crippen molar-refractivity contribution in [3.8, 4) is 0 Å². The van der Waals surface area contributed by atoms with Crippen molar-refractivity contribution < 1.29 is 13.5 Å². The van der Waals surface area contributed by atoms with Gasteiger partial charge in [-0.1, -0.05) is 0 Å². The predicted molar refractivity (Wildman–Crippen MR) is 43.8 cm³/mol. The van der Waals surface area contributed by atoms with Gasteiger partial charge in [0.15, 0.2) is 0 Å². The molecule has 3 nitrogen and oxygen atoms in total. The fourth-order valence-electron chi connectivity index (χ4n) is 0.414. The van der Waals surface area contributed by atoms with E-state index >= 15 is 0 Å². The summed E-state index contributed by atoms with van der Waals surface area (Å²) in [6.45, 7) is 4.06. The molecule has 0 aromatic rings. The maximum absolute atomic E-state index is 10.5. The Balaban J connectivity index is 3.39. The van der Waals surface area contributed by atoms with Gasteiger partial charge in [-0.25, -0.2) is 4.21 Å². The van der Waals surface area contributed by atoms with Gasteiger partial charge in [-0.2, -0.15) is 0 Å². The summed E-state index contributed by atoms with van der Waals surface area (Å²) in [6.07, 6.45) is 0.113. The Morgan fingerprint density at radius 1 is 1.70 bits per heavy atom. The Kier molecular flexibility index (Phi) is 3.93. The Bertz CT molecular complexity index is 169. The van der Waals surface area contributed by atoms with Crippen LogP contribution >= 0.6 is 0 Å². The Hall–Kier alpha value is -0.0600. The van der Waals surface area contributed by atoms with Gasteiger partial charge in [0.1, 0.15) is 0 Å². The van der Waals surface area contributed by atoms with Crippen LogP contribution in [0.25, 0.3) is 0 Å². The molecule has 0 aliphatic carbocycles. The number of rotatable bonds is 4. The van der Waals surface area contributed by atoms with Gasteiger partial charge in [-0.3, -0.25) is 0 Å². The maximum Gasteiger partial charge on any atom is 0.0768 e. The van der Waals surface area contributed by atoms with Gasteiger partial charge in [0.2, 0.25) is 0 Å². The molecule has 0 bridgehead atoms. The lowest BCUT2D eigenvalue weighted by Gasteiger charge is -2.06. The second kappa shape index (κ2) is 3.95. The molecule has 1 atom stereocenters. The summed E-state index contributed by atoms with van der Waals surface area (Å²) in [4.78, 5) is 0. The van der Waals surface area contributed by atoms with Crippen molar-refractivity contribution >= 4 is 15.7 Å². The summed E-state index contributed by atoms with van der Waals surface area (Å²) in [7, 11) is -2.84. The summed E-state index contributed by atoms with van der Waals surface area (Å²) < 4.78 is 24.2. The average molecular weight is 166 g/mol. The molecule has 0 spiro atoms. The van der Waals surface area contributed by atoms with E-state index in [1.54, 1.807) is 0 Å². The van der Waals surface area contributed by atoms with E-state index in [1.165, 1.54) is 0 Å². The van der Waals surface area contributed by atoms with E-state index in [2.05, 4.69) is 5.87 Å². The van der Waals surface area contributed by atoms with Crippen molar-refractivity contribution in [2.75, 3.05) is 12.4 Å². The largest absolute Gasteiger partial charge is 0.378 e. The Morgan fingerprint density at radius 3 is 2.50 bits per heavy atom. The van der Waals surface area contributed by atoms with Crippen LogP contribution in [-0.4, -0.2) is 33.1 Å². The minimum Gasteiger partial charge on any atom is -0.378 e. The highest BCUT2D eigenvalue weighted by atomic mass is 32.2. The monoisotopic (exact) mass is 166 g/mol. The van der Waals surface area contributed by atoms with Crippen LogP contribution in [0.5, 0.6) is 0 Å². The topological polar surface area (TPSA) is 46.5 Å². The average Bonchev–Trinajstić information content (AvgIpc) is 1.59. The molecule has 10 heavy (non-hydrogen) atoms. The molecular formula is C6H14O3S. The third kappa shape index (κ3) is 7.94. The fourth-order valence-corrected chi connectivity index (χ4v) is 0.771. The molecule has 0 aromatic carbocycles. The highest BCUT2D eigenvalue weighted by Crippen LogP contribution is 1.89. The van der Waals surface area contributed by atoms with E-state index in [0.29, 0.717) is 6.61 Å². The molecule has 0 saturated heterocycles. The molecule has 0 aliphatic heterocycles. The number of ether oxygens (including phenoxy) is 1. The molecule has 0 amide bonds. The standard InChI is InChI=1S/C6H14O3S/c1-6(2)9-4-5-10(3,7)8/h6H,3-5H2,1-2H3,(H,7,8). The quantitative estimate of drug-likeness (QED) is 0.622. The fraction of sp³-hybridized carbons (Fsp3) is 0.833. The summed E-state index contributed by atoms with van der Waals surface area (Å²) >= 11 is 0. The van der Waals surface area contributed by atoms with Gasteiger partial charge in [-0.05, 0) is 19.7 Å². The molecule has 0 saturated carbocycles. The maximum atomic E-state index is 10.5. The summed E-state index contributed by atoms with van der Waals surface area (Å²) in [5.41, 5.74) is 0. The van der Waals surface area contributed by atoms with Crippen LogP contribution in [0, 0.1) is 0 Å². The van der Waals surface area contributed by atoms with Gasteiger partial charge in [0.05, 0.1) is 28.3 Å². The predicted octanol–water partition coefficient (Wildman–Crippen LogP) is 0.601. The number of hydrogen-bond donors (Lipinski definition) is 1. The molecule has 0 aromatic heterocycles. The van der Waals surface area contributed by atoms with Gasteiger partial charge in [0.25, 0.3) is 0 Å². The zero-order valence-electron chi connectivity index (χ0n) is 6.37. The van der Waals surface area contributed by atoms with Crippen LogP contribution in [0.4, 0.5) is 0 Å². The normalized spacial score (nSPS) is 17.2. The zero-order valence-corrected chi connectivity index (χ0v) is 7.19. The first-order chi connectivity index (χ1) is 4.42. The van der Waals surface area contributed by atoms with Crippen molar-refractivity contribution in [3.63, 3.8) is 0 Å². The van der Waals surface area contributed by atoms with Gasteiger partial charge in [-0.15, -0.1) is 0 Å². The second-order valence-corrected chi connectivity index (χ2v) is 4.35. The SMILES string of the molecule is C=S(=O)(O)CCOC(C)C. The Morgan fingerprint density at radius 2 is 2.20 bits per heavy atom. The molecule has 1 N–H and O–H groups in total. The minimum absolute atomic E-state index is 0.113. The molecule has 4 heteroatoms. The van der Waals surface area contributed by atoms with Gasteiger partial charge in [0, 0.05) is 0 Å². The highest BCUT2D eigenvalue weighted by Gasteiger charge is 1.98. The third-order valence-corrected chi connectivity index (χ3v) is 1.66. The minimum atomic E-state index is -2.84. The zero-order chi connectivity index (χ0) is 8.20. The van der Waals surface area contributed by atoms with Crippen LogP contribution in [0.3, 0.4) is 0 Å². The number of hydrogen-bond acceptors (Lipinski definition) is 2. The lowest BCUT2D eigenvalue weighted by atomic mass is 10.5. The van der Waals surface area contributed by atoms with Crippen molar-refractivity contribution in [2.45, 2.75) is 20.0 Å². The van der Waals surface area contributed by atoms with Crippen molar-refractivity contribution in [1.82, 2.24) is 0 Å². The van der Waals surface area contributed by atoms with E-state index in [1.807, 2.05) is 13.8 Å². The van der Waals surface area contributed by atoms with Crippen LogP contribution in [-0.2, 0) is 14.5 Å². The van der Waals surface area contributed by atoms with Crippen LogP contribution in [0.15, 0.2) is 0 Å². The van der Waals surface area contributed by atoms with Crippen LogP contribution in [0.2, 0.25) is 0 Å². The van der Waals surface area contributed by atoms with E-state index in [9.17, 15) is 4.21 Å². The van der Waals surface area contributed by atoms with Crippen LogP contribution < -0.4 is 0 Å². The molecule has 1 unspecified atom stereocenters. The van der Waals surface area contributed by atoms with E-state index in [0.717, 1.165) is 0 Å². The van der Waals surface area contributed by atoms with E-state index in [-0.39, 0.29) is 11.9 Å². The Labute approximate surface area is 62.2 Å². The van der Waals surface area contributed by atoms with E-state index in [4.69, 9.17) is 9.29 Å². The highest BCUT2D eigenvalue weighted by molar-refractivity contribution is 7.95. The molecule has 62 valence electrons. The molecule has 0 radical (unpaired) electrons. The molecule has 0 rings (SSSR count). The first-order valence-corrected chi connectivity index (χ1v) is 4.96. The third-order valence-electron chi connectivity index (χ3n) is 0.853. The van der Waals surface area contributed by atoms with Crippen molar-refractivity contribution in [2.24, 2.45) is 0 Å². The first kappa shape index (κ1) is 9.94. The second-order valence-electron chi connectivity index (χ2n) is 2.40. The summed E-state index contributed by atoms with van der Waals surface area (Å²) in [5, 5.41) is 0.